The van der Waals surface area contributed by atoms with Crippen LogP contribution in [0.4, 0.5) is 11.4 Å². The van der Waals surface area contributed by atoms with Gasteiger partial charge in [-0.05, 0) is 98.4 Å². The Morgan fingerprint density at radius 2 is 1.73 bits per heavy atom. The molecule has 6 rings (SSSR count). The number of rotatable bonds is 8. The average Bonchev–Trinajstić information content (AvgIpc) is 3.53. The summed E-state index contributed by atoms with van der Waals surface area (Å²) in [6.45, 7) is 4.03. The van der Waals surface area contributed by atoms with E-state index in [4.69, 9.17) is 40.2 Å². The van der Waals surface area contributed by atoms with Crippen LogP contribution in [-0.2, 0) is 4.79 Å². The van der Waals surface area contributed by atoms with Crippen molar-refractivity contribution in [2.75, 3.05) is 16.8 Å². The Labute approximate surface area is 271 Å². The molecule has 1 fully saturated rings. The summed E-state index contributed by atoms with van der Waals surface area (Å²) in [5, 5.41) is 7.97. The van der Waals surface area contributed by atoms with Crippen LogP contribution in [0, 0.1) is 13.8 Å². The van der Waals surface area contributed by atoms with E-state index in [-0.39, 0.29) is 24.6 Å². The fraction of sp³-hybridized carbons (Fsp3) is 0.147. The van der Waals surface area contributed by atoms with Crippen LogP contribution in [0.25, 0.3) is 5.69 Å². The Morgan fingerprint density at radius 1 is 0.977 bits per heavy atom. The summed E-state index contributed by atoms with van der Waals surface area (Å²) in [4.78, 5) is 19.3. The van der Waals surface area contributed by atoms with Crippen molar-refractivity contribution >= 4 is 57.8 Å². The first-order chi connectivity index (χ1) is 21.3. The minimum Gasteiger partial charge on any atom is -0.484 e. The quantitative estimate of drug-likeness (QED) is 0.167. The molecule has 0 bridgehead atoms. The van der Waals surface area contributed by atoms with Gasteiger partial charge in [0.1, 0.15) is 5.75 Å². The largest absolute Gasteiger partial charge is 0.484 e. The van der Waals surface area contributed by atoms with Gasteiger partial charge in [0.05, 0.1) is 33.5 Å². The summed E-state index contributed by atoms with van der Waals surface area (Å²) in [5.74, 6) is 0.388. The number of aromatic nitrogens is 2. The molecule has 5 aromatic rings. The minimum atomic E-state index is -0.250. The van der Waals surface area contributed by atoms with E-state index in [2.05, 4.69) is 38.1 Å². The summed E-state index contributed by atoms with van der Waals surface area (Å²) >= 11 is 19.0. The molecule has 2 unspecified atom stereocenters. The zero-order chi connectivity index (χ0) is 30.8. The van der Waals surface area contributed by atoms with E-state index >= 15 is 0 Å². The number of nitrogens with one attached hydrogen (secondary N) is 2. The number of amides is 1. The Bertz CT molecular complexity index is 1810. The SMILES string of the molecule is Cc1cc(C2C(c3ccccn3)NC(=S)N2c2ccc(NC(=O)COc3ccccc3)cc2)c(C)n1-c1cccc(Cl)c1Cl. The lowest BCUT2D eigenvalue weighted by molar-refractivity contribution is -0.118. The molecule has 1 saturated heterocycles. The van der Waals surface area contributed by atoms with E-state index < -0.39 is 0 Å². The number of pyridine rings is 1. The molecule has 0 radical (unpaired) electrons. The van der Waals surface area contributed by atoms with Gasteiger partial charge < -0.3 is 24.8 Å². The number of anilines is 2. The predicted molar refractivity (Wildman–Crippen MR) is 180 cm³/mol. The predicted octanol–water partition coefficient (Wildman–Crippen LogP) is 7.99. The lowest BCUT2D eigenvalue weighted by Gasteiger charge is -2.28. The molecule has 2 atom stereocenters. The van der Waals surface area contributed by atoms with Crippen molar-refractivity contribution in [3.05, 3.63) is 136 Å². The number of ether oxygens (including phenoxy) is 1. The van der Waals surface area contributed by atoms with Crippen LogP contribution in [0.5, 0.6) is 5.75 Å². The van der Waals surface area contributed by atoms with Crippen molar-refractivity contribution in [1.82, 2.24) is 14.9 Å². The van der Waals surface area contributed by atoms with Gasteiger partial charge in [-0.2, -0.15) is 0 Å². The fourth-order valence-corrected chi connectivity index (χ4v) is 6.37. The van der Waals surface area contributed by atoms with E-state index in [9.17, 15) is 4.79 Å². The minimum absolute atomic E-state index is 0.0913. The van der Waals surface area contributed by atoms with E-state index in [1.807, 2.05) is 91.9 Å². The van der Waals surface area contributed by atoms with Crippen LogP contribution in [-0.4, -0.2) is 27.2 Å². The lowest BCUT2D eigenvalue weighted by atomic mass is 9.96. The molecule has 2 aromatic heterocycles. The number of benzene rings is 3. The highest BCUT2D eigenvalue weighted by Gasteiger charge is 2.42. The smallest absolute Gasteiger partial charge is 0.262 e. The van der Waals surface area contributed by atoms with Crippen molar-refractivity contribution in [1.29, 1.82) is 0 Å². The van der Waals surface area contributed by atoms with Gasteiger partial charge in [0, 0.05) is 29.0 Å². The monoisotopic (exact) mass is 641 g/mol. The molecule has 10 heteroatoms. The van der Waals surface area contributed by atoms with Crippen LogP contribution < -0.4 is 20.3 Å². The molecule has 0 saturated carbocycles. The van der Waals surface area contributed by atoms with E-state index in [1.54, 1.807) is 12.3 Å². The third-order valence-electron chi connectivity index (χ3n) is 7.60. The fourth-order valence-electron chi connectivity index (χ4n) is 5.64. The molecule has 1 amide bonds. The highest BCUT2D eigenvalue weighted by atomic mass is 35.5. The van der Waals surface area contributed by atoms with Crippen molar-refractivity contribution in [3.63, 3.8) is 0 Å². The molecule has 1 aliphatic heterocycles. The number of hydrogen-bond acceptors (Lipinski definition) is 4. The highest BCUT2D eigenvalue weighted by molar-refractivity contribution is 7.80. The van der Waals surface area contributed by atoms with Gasteiger partial charge in [0.2, 0.25) is 0 Å². The topological polar surface area (TPSA) is 71.4 Å². The van der Waals surface area contributed by atoms with Crippen LogP contribution >= 0.6 is 35.4 Å². The summed E-state index contributed by atoms with van der Waals surface area (Å²) in [5.41, 5.74) is 6.29. The second-order valence-corrected chi connectivity index (χ2v) is 11.6. The zero-order valence-electron chi connectivity index (χ0n) is 24.0. The molecular weight excluding hydrogens is 613 g/mol. The van der Waals surface area contributed by atoms with Crippen molar-refractivity contribution in [2.45, 2.75) is 25.9 Å². The Kier molecular flexibility index (Phi) is 8.57. The lowest BCUT2D eigenvalue weighted by Crippen LogP contribution is -2.29. The summed E-state index contributed by atoms with van der Waals surface area (Å²) in [6.07, 6.45) is 1.79. The van der Waals surface area contributed by atoms with Gasteiger partial charge in [0.25, 0.3) is 5.91 Å². The molecule has 0 aliphatic carbocycles. The Hall–Kier alpha value is -4.37. The van der Waals surface area contributed by atoms with Crippen LogP contribution in [0.1, 0.15) is 34.7 Å². The van der Waals surface area contributed by atoms with E-state index in [0.717, 1.165) is 34.0 Å². The maximum Gasteiger partial charge on any atom is 0.262 e. The van der Waals surface area contributed by atoms with Gasteiger partial charge >= 0.3 is 0 Å². The number of nitrogens with zero attached hydrogens (tertiary/aromatic N) is 3. The molecular formula is C34H29Cl2N5O2S. The molecule has 7 nitrogen and oxygen atoms in total. The van der Waals surface area contributed by atoms with E-state index in [1.165, 1.54) is 0 Å². The Balaban J connectivity index is 1.32. The number of para-hydroxylation sites is 1. The number of thiocarbonyl (C=S) groups is 1. The summed E-state index contributed by atoms with van der Waals surface area (Å²) < 4.78 is 7.70. The number of carbonyl (C=O) groups is 1. The maximum absolute atomic E-state index is 12.5. The summed E-state index contributed by atoms with van der Waals surface area (Å²) in [6, 6.07) is 30.1. The standard InChI is InChI=1S/C34H29Cl2N5O2S/c1-21-19-26(22(2)40(21)29-13-8-11-27(35)31(29)36)33-32(28-12-6-7-18-37-28)39-34(44)41(33)24-16-14-23(15-17-24)38-30(42)20-43-25-9-4-3-5-10-25/h3-19,32-33H,20H2,1-2H3,(H,38,42)(H,39,44). The van der Waals surface area contributed by atoms with Crippen LogP contribution in [0.15, 0.2) is 103 Å². The molecule has 3 heterocycles. The Morgan fingerprint density at radius 3 is 2.45 bits per heavy atom. The molecule has 44 heavy (non-hydrogen) atoms. The number of hydrogen-bond donors (Lipinski definition) is 2. The van der Waals surface area contributed by atoms with E-state index in [0.29, 0.717) is 26.6 Å². The van der Waals surface area contributed by atoms with Gasteiger partial charge in [-0.25, -0.2) is 0 Å². The van der Waals surface area contributed by atoms with Crippen molar-refractivity contribution < 1.29 is 9.53 Å². The average molecular weight is 643 g/mol. The number of carbonyl (C=O) groups excluding carboxylic acids is 1. The molecule has 0 spiro atoms. The van der Waals surface area contributed by atoms with Crippen LogP contribution in [0.3, 0.4) is 0 Å². The third kappa shape index (κ3) is 5.88. The normalized spacial score (nSPS) is 16.1. The zero-order valence-corrected chi connectivity index (χ0v) is 26.3. The van der Waals surface area contributed by atoms with Crippen molar-refractivity contribution in [3.8, 4) is 11.4 Å². The molecule has 2 N–H and O–H groups in total. The first-order valence-electron chi connectivity index (χ1n) is 14.0. The van der Waals surface area contributed by atoms with Crippen molar-refractivity contribution in [2.24, 2.45) is 0 Å². The highest BCUT2D eigenvalue weighted by Crippen LogP contribution is 2.44. The van der Waals surface area contributed by atoms with Gasteiger partial charge in [0.15, 0.2) is 11.7 Å². The molecule has 1 aliphatic rings. The second kappa shape index (κ2) is 12.7. The second-order valence-electron chi connectivity index (χ2n) is 10.4. The molecule has 222 valence electrons. The van der Waals surface area contributed by atoms with Gasteiger partial charge in [-0.15, -0.1) is 0 Å². The third-order valence-corrected chi connectivity index (χ3v) is 8.72. The first kappa shape index (κ1) is 29.7. The molecule has 3 aromatic carbocycles. The van der Waals surface area contributed by atoms with Gasteiger partial charge in [-0.1, -0.05) is 53.5 Å². The van der Waals surface area contributed by atoms with Crippen LogP contribution in [0.2, 0.25) is 10.0 Å². The number of halogens is 2. The number of aryl methyl sites for hydroxylation is 1. The first-order valence-corrected chi connectivity index (χ1v) is 15.2. The summed E-state index contributed by atoms with van der Waals surface area (Å²) in [7, 11) is 0. The van der Waals surface area contributed by atoms with Gasteiger partial charge in [-0.3, -0.25) is 9.78 Å². The maximum atomic E-state index is 12.5.